The molecule has 0 fully saturated rings. The smallest absolute Gasteiger partial charge is 0.550 e. The number of imidazole rings is 1. The molecule has 0 aliphatic rings. The second-order valence-electron chi connectivity index (χ2n) is 9.65. The zero-order valence-corrected chi connectivity index (χ0v) is 25.7. The van der Waals surface area contributed by atoms with Gasteiger partial charge in [0, 0.05) is 31.0 Å². The van der Waals surface area contributed by atoms with Gasteiger partial charge >= 0.3 is 29.6 Å². The molecule has 40 heavy (non-hydrogen) atoms. The first kappa shape index (κ1) is 33.3. The van der Waals surface area contributed by atoms with Crippen molar-refractivity contribution in [3.05, 3.63) is 65.5 Å². The summed E-state index contributed by atoms with van der Waals surface area (Å²) >= 11 is 0. The van der Waals surface area contributed by atoms with E-state index in [9.17, 15) is 24.9 Å². The summed E-state index contributed by atoms with van der Waals surface area (Å²) in [5.74, 6) is 0.129. The van der Waals surface area contributed by atoms with Crippen LogP contribution in [0.4, 0.5) is 0 Å². The molecule has 11 heteroatoms. The Bertz CT molecular complexity index is 1260. The first-order valence-electron chi connectivity index (χ1n) is 12.8. The SMILES string of the molecule is COc1ccc(-c2nc(C(=O)NCc3cccc(OC)c3)c(C(C)C)n2CC[C@@H](O)C[C@@H](O)CC(=O)[O-])cc1.[Na+]. The number of aliphatic hydroxyl groups is 2. The Morgan fingerprint density at radius 1 is 1.02 bits per heavy atom. The van der Waals surface area contributed by atoms with Crippen molar-refractivity contribution in [1.82, 2.24) is 14.9 Å². The van der Waals surface area contributed by atoms with Gasteiger partial charge in [0.15, 0.2) is 0 Å². The Morgan fingerprint density at radius 3 is 2.30 bits per heavy atom. The Labute approximate surface area is 256 Å². The molecule has 10 nitrogen and oxygen atoms in total. The van der Waals surface area contributed by atoms with Crippen LogP contribution in [0.15, 0.2) is 48.5 Å². The summed E-state index contributed by atoms with van der Waals surface area (Å²) in [5.41, 5.74) is 2.62. The maximum Gasteiger partial charge on any atom is 1.00 e. The molecule has 3 N–H and O–H groups in total. The molecule has 2 atom stereocenters. The first-order valence-corrected chi connectivity index (χ1v) is 12.8. The fourth-order valence-corrected chi connectivity index (χ4v) is 4.44. The summed E-state index contributed by atoms with van der Waals surface area (Å²) in [5, 5.41) is 34.1. The van der Waals surface area contributed by atoms with Crippen LogP contribution < -0.4 is 49.5 Å². The molecule has 0 aliphatic carbocycles. The van der Waals surface area contributed by atoms with Crippen molar-refractivity contribution in [3.8, 4) is 22.9 Å². The van der Waals surface area contributed by atoms with Crippen molar-refractivity contribution in [1.29, 1.82) is 0 Å². The van der Waals surface area contributed by atoms with Crippen LogP contribution in [0.25, 0.3) is 11.4 Å². The van der Waals surface area contributed by atoms with Crippen LogP contribution in [0.2, 0.25) is 0 Å². The number of carboxylic acids is 1. The molecular formula is C29H36N3NaO7. The van der Waals surface area contributed by atoms with E-state index in [1.165, 1.54) is 0 Å². The Balaban J connectivity index is 0.00000560. The summed E-state index contributed by atoms with van der Waals surface area (Å²) in [6.45, 7) is 4.51. The van der Waals surface area contributed by atoms with E-state index in [1.54, 1.807) is 26.4 Å². The fraction of sp³-hybridized carbons (Fsp3) is 0.414. The number of carboxylic acid groups (broad SMARTS) is 1. The van der Waals surface area contributed by atoms with E-state index < -0.39 is 24.6 Å². The Hall–Kier alpha value is -2.89. The minimum absolute atomic E-state index is 0. The second kappa shape index (κ2) is 15.8. The molecule has 0 saturated carbocycles. The van der Waals surface area contributed by atoms with Gasteiger partial charge in [0.1, 0.15) is 23.0 Å². The quantitative estimate of drug-likeness (QED) is 0.218. The number of amides is 1. The molecule has 2 aromatic carbocycles. The standard InChI is InChI=1S/C29H37N3O7.Na/c1-18(2)27-26(29(37)30-17-19-6-5-7-24(14-19)39-4)31-28(20-8-10-23(38-3)11-9-20)32(27)13-12-21(33)15-22(34)16-25(35)36;/h5-11,14,18,21-22,33-34H,12-13,15-17H2,1-4H3,(H,30,37)(H,35,36);/q;+1/p-1/t21-,22-;/m1./s1. The van der Waals surface area contributed by atoms with Crippen LogP contribution in [-0.4, -0.2) is 58.1 Å². The zero-order valence-electron chi connectivity index (χ0n) is 23.7. The van der Waals surface area contributed by atoms with Gasteiger partial charge in [-0.05, 0) is 60.7 Å². The number of aromatic nitrogens is 2. The van der Waals surface area contributed by atoms with Crippen LogP contribution in [-0.2, 0) is 17.9 Å². The number of benzene rings is 2. The average molecular weight is 562 g/mol. The molecule has 1 aromatic heterocycles. The van der Waals surface area contributed by atoms with Crippen molar-refractivity contribution in [2.75, 3.05) is 14.2 Å². The number of hydrogen-bond donors (Lipinski definition) is 3. The molecule has 0 saturated heterocycles. The van der Waals surface area contributed by atoms with Gasteiger partial charge in [-0.15, -0.1) is 0 Å². The Morgan fingerprint density at radius 2 is 1.70 bits per heavy atom. The van der Waals surface area contributed by atoms with Gasteiger partial charge in [-0.2, -0.15) is 0 Å². The van der Waals surface area contributed by atoms with Gasteiger partial charge in [-0.1, -0.05) is 26.0 Å². The summed E-state index contributed by atoms with van der Waals surface area (Å²) < 4.78 is 12.4. The molecule has 3 aromatic rings. The van der Waals surface area contributed by atoms with Crippen molar-refractivity contribution in [2.24, 2.45) is 0 Å². The van der Waals surface area contributed by atoms with Crippen molar-refractivity contribution in [3.63, 3.8) is 0 Å². The number of rotatable bonds is 14. The number of carbonyl (C=O) groups excluding carboxylic acids is 2. The first-order chi connectivity index (χ1) is 18.6. The normalized spacial score (nSPS) is 12.4. The molecular weight excluding hydrogens is 525 g/mol. The second-order valence-corrected chi connectivity index (χ2v) is 9.65. The van der Waals surface area contributed by atoms with Crippen LogP contribution in [0.1, 0.15) is 60.8 Å². The van der Waals surface area contributed by atoms with Crippen molar-refractivity contribution in [2.45, 2.75) is 64.3 Å². The van der Waals surface area contributed by atoms with Crippen LogP contribution in [0.3, 0.4) is 0 Å². The third-order valence-electron chi connectivity index (χ3n) is 6.34. The van der Waals surface area contributed by atoms with E-state index in [0.717, 1.165) is 11.1 Å². The van der Waals surface area contributed by atoms with Gasteiger partial charge in [-0.25, -0.2) is 4.98 Å². The average Bonchev–Trinajstić information content (AvgIpc) is 3.30. The topological polar surface area (TPSA) is 146 Å². The molecule has 1 amide bonds. The summed E-state index contributed by atoms with van der Waals surface area (Å²) in [6, 6.07) is 14.7. The monoisotopic (exact) mass is 561 g/mol. The van der Waals surface area contributed by atoms with Gasteiger partial charge in [0.2, 0.25) is 0 Å². The van der Waals surface area contributed by atoms with Gasteiger partial charge in [-0.3, -0.25) is 4.79 Å². The molecule has 3 rings (SSSR count). The number of aliphatic carboxylic acids is 1. The molecule has 210 valence electrons. The number of methoxy groups -OCH3 is 2. The van der Waals surface area contributed by atoms with Crippen molar-refractivity contribution >= 4 is 11.9 Å². The molecule has 1 heterocycles. The van der Waals surface area contributed by atoms with E-state index in [2.05, 4.69) is 5.32 Å². The fourth-order valence-electron chi connectivity index (χ4n) is 4.44. The number of ether oxygens (including phenoxy) is 2. The molecule has 0 bridgehead atoms. The van der Waals surface area contributed by atoms with E-state index in [-0.39, 0.29) is 66.5 Å². The number of hydrogen-bond acceptors (Lipinski definition) is 8. The van der Waals surface area contributed by atoms with Crippen LogP contribution in [0.5, 0.6) is 11.5 Å². The maximum absolute atomic E-state index is 13.4. The number of carbonyl (C=O) groups is 2. The van der Waals surface area contributed by atoms with E-state index >= 15 is 0 Å². The third-order valence-corrected chi connectivity index (χ3v) is 6.34. The van der Waals surface area contributed by atoms with Crippen molar-refractivity contribution < 1.29 is 63.9 Å². The van der Waals surface area contributed by atoms with E-state index in [0.29, 0.717) is 29.6 Å². The minimum atomic E-state index is -1.38. The molecule has 0 radical (unpaired) electrons. The predicted molar refractivity (Wildman–Crippen MR) is 143 cm³/mol. The number of aliphatic hydroxyl groups excluding tert-OH is 2. The minimum Gasteiger partial charge on any atom is -0.550 e. The Kier molecular flexibility index (Phi) is 13.1. The summed E-state index contributed by atoms with van der Waals surface area (Å²) in [7, 11) is 3.16. The van der Waals surface area contributed by atoms with E-state index in [1.807, 2.05) is 54.8 Å². The van der Waals surface area contributed by atoms with Gasteiger partial charge in [0.25, 0.3) is 5.91 Å². The molecule has 0 aliphatic heterocycles. The summed E-state index contributed by atoms with van der Waals surface area (Å²) in [6.07, 6.45) is -2.61. The number of nitrogens with one attached hydrogen (secondary N) is 1. The molecule has 0 unspecified atom stereocenters. The largest absolute Gasteiger partial charge is 1.00 e. The zero-order chi connectivity index (χ0) is 28.5. The van der Waals surface area contributed by atoms with Crippen LogP contribution >= 0.6 is 0 Å². The van der Waals surface area contributed by atoms with E-state index in [4.69, 9.17) is 14.5 Å². The van der Waals surface area contributed by atoms with Crippen LogP contribution in [0, 0.1) is 0 Å². The van der Waals surface area contributed by atoms with Gasteiger partial charge in [0.05, 0.1) is 32.1 Å². The predicted octanol–water partition coefficient (Wildman–Crippen LogP) is -0.733. The summed E-state index contributed by atoms with van der Waals surface area (Å²) in [4.78, 5) is 28.9. The third kappa shape index (κ3) is 9.07. The maximum atomic E-state index is 13.4. The molecule has 0 spiro atoms. The number of nitrogens with zero attached hydrogens (tertiary/aromatic N) is 2. The van der Waals surface area contributed by atoms with Gasteiger partial charge < -0.3 is 39.5 Å².